The summed E-state index contributed by atoms with van der Waals surface area (Å²) in [6, 6.07) is 7.29. The summed E-state index contributed by atoms with van der Waals surface area (Å²) in [6.45, 7) is 7.48. The second kappa shape index (κ2) is 7.79. The van der Waals surface area contributed by atoms with Gasteiger partial charge in [-0.05, 0) is 29.4 Å². The summed E-state index contributed by atoms with van der Waals surface area (Å²) in [6.07, 6.45) is 1.52. The molecule has 1 aromatic carbocycles. The minimum absolute atomic E-state index is 0.0313. The predicted octanol–water partition coefficient (Wildman–Crippen LogP) is 3.04. The first kappa shape index (κ1) is 18.5. The van der Waals surface area contributed by atoms with Crippen LogP contribution in [0.4, 0.5) is 0 Å². The molecular formula is C19H27NO4. The lowest BCUT2D eigenvalue weighted by molar-refractivity contribution is -0.138. The lowest BCUT2D eigenvalue weighted by atomic mass is 9.86. The molecule has 24 heavy (non-hydrogen) atoms. The molecule has 0 spiro atoms. The van der Waals surface area contributed by atoms with Crippen molar-refractivity contribution in [3.8, 4) is 0 Å². The first-order chi connectivity index (χ1) is 11.3. The van der Waals surface area contributed by atoms with Crippen molar-refractivity contribution in [2.45, 2.75) is 51.5 Å². The van der Waals surface area contributed by atoms with Gasteiger partial charge in [0, 0.05) is 6.61 Å². The highest BCUT2D eigenvalue weighted by atomic mass is 16.5. The number of hydrogen-bond donors (Lipinski definition) is 2. The van der Waals surface area contributed by atoms with Gasteiger partial charge in [-0.15, -0.1) is 0 Å². The molecular weight excluding hydrogens is 306 g/mol. The highest BCUT2D eigenvalue weighted by Gasteiger charge is 2.26. The van der Waals surface area contributed by atoms with Gasteiger partial charge in [0.25, 0.3) is 0 Å². The molecule has 1 heterocycles. The van der Waals surface area contributed by atoms with E-state index in [-0.39, 0.29) is 23.7 Å². The van der Waals surface area contributed by atoms with Crippen LogP contribution in [0.2, 0.25) is 0 Å². The Morgan fingerprint density at radius 2 is 1.96 bits per heavy atom. The van der Waals surface area contributed by atoms with Crippen molar-refractivity contribution < 1.29 is 19.4 Å². The van der Waals surface area contributed by atoms with Crippen LogP contribution < -0.4 is 5.32 Å². The van der Waals surface area contributed by atoms with Gasteiger partial charge in [-0.2, -0.15) is 0 Å². The maximum absolute atomic E-state index is 12.4. The largest absolute Gasteiger partial charge is 0.481 e. The topological polar surface area (TPSA) is 75.6 Å². The number of carbonyl (C=O) groups excluding carboxylic acids is 1. The molecule has 0 aromatic heterocycles. The Morgan fingerprint density at radius 1 is 1.29 bits per heavy atom. The summed E-state index contributed by atoms with van der Waals surface area (Å²) in [4.78, 5) is 23.6. The highest BCUT2D eigenvalue weighted by molar-refractivity contribution is 5.80. The molecule has 2 N–H and O–H groups in total. The maximum atomic E-state index is 12.4. The Hall–Kier alpha value is -1.88. The van der Waals surface area contributed by atoms with Crippen LogP contribution in [0, 0.1) is 5.92 Å². The fourth-order valence-corrected chi connectivity index (χ4v) is 2.88. The van der Waals surface area contributed by atoms with Crippen LogP contribution in [-0.2, 0) is 19.7 Å². The predicted molar refractivity (Wildman–Crippen MR) is 91.8 cm³/mol. The molecule has 2 rings (SSSR count). The summed E-state index contributed by atoms with van der Waals surface area (Å²) in [7, 11) is 0. The number of benzene rings is 1. The molecule has 1 aromatic rings. The third-order valence-corrected chi connectivity index (χ3v) is 4.41. The zero-order chi connectivity index (χ0) is 17.7. The Morgan fingerprint density at radius 3 is 2.46 bits per heavy atom. The van der Waals surface area contributed by atoms with Gasteiger partial charge in [0.1, 0.15) is 0 Å². The monoisotopic (exact) mass is 333 g/mol. The van der Waals surface area contributed by atoms with Gasteiger partial charge in [0.05, 0.1) is 25.0 Å². The Balaban J connectivity index is 2.12. The Labute approximate surface area is 143 Å². The van der Waals surface area contributed by atoms with Gasteiger partial charge >= 0.3 is 5.97 Å². The van der Waals surface area contributed by atoms with Gasteiger partial charge in [0.15, 0.2) is 0 Å². The van der Waals surface area contributed by atoms with E-state index in [1.54, 1.807) is 0 Å². The molecule has 1 saturated heterocycles. The summed E-state index contributed by atoms with van der Waals surface area (Å²) in [5.74, 6) is -1.25. The van der Waals surface area contributed by atoms with Crippen molar-refractivity contribution in [3.63, 3.8) is 0 Å². The fraction of sp³-hybridized carbons (Fsp3) is 0.579. The number of nitrogens with one attached hydrogen (secondary N) is 1. The molecule has 1 aliphatic rings. The number of carboxylic acids is 1. The van der Waals surface area contributed by atoms with Crippen molar-refractivity contribution in [3.05, 3.63) is 35.4 Å². The van der Waals surface area contributed by atoms with E-state index in [0.717, 1.165) is 18.4 Å². The third kappa shape index (κ3) is 5.06. The Bertz CT molecular complexity index is 568. The van der Waals surface area contributed by atoms with Gasteiger partial charge in [0.2, 0.25) is 5.91 Å². The van der Waals surface area contributed by atoms with Crippen LogP contribution in [0.15, 0.2) is 24.3 Å². The quantitative estimate of drug-likeness (QED) is 0.868. The molecule has 5 heteroatoms. The van der Waals surface area contributed by atoms with Crippen LogP contribution in [0.25, 0.3) is 0 Å². The standard InChI is InChI=1S/C19H27NO4/c1-19(2,3)15-8-6-13(7-9-15)16(11-17(21)22)20-18(23)14-5-4-10-24-12-14/h6-9,14,16H,4-5,10-12H2,1-3H3,(H,20,23)(H,21,22). The van der Waals surface area contributed by atoms with E-state index in [2.05, 4.69) is 26.1 Å². The summed E-state index contributed by atoms with van der Waals surface area (Å²) in [5.41, 5.74) is 2.02. The summed E-state index contributed by atoms with van der Waals surface area (Å²) >= 11 is 0. The first-order valence-electron chi connectivity index (χ1n) is 8.47. The van der Waals surface area contributed by atoms with E-state index in [1.807, 2.05) is 24.3 Å². The van der Waals surface area contributed by atoms with E-state index in [0.29, 0.717) is 13.2 Å². The van der Waals surface area contributed by atoms with E-state index in [9.17, 15) is 14.7 Å². The Kier molecular flexibility index (Phi) is 5.99. The smallest absolute Gasteiger partial charge is 0.305 e. The minimum Gasteiger partial charge on any atom is -0.481 e. The van der Waals surface area contributed by atoms with Crippen molar-refractivity contribution in [1.82, 2.24) is 5.32 Å². The molecule has 0 radical (unpaired) electrons. The molecule has 132 valence electrons. The second-order valence-electron chi connectivity index (χ2n) is 7.45. The number of carbonyl (C=O) groups is 2. The molecule has 2 atom stereocenters. The van der Waals surface area contributed by atoms with E-state index < -0.39 is 12.0 Å². The molecule has 2 unspecified atom stereocenters. The zero-order valence-corrected chi connectivity index (χ0v) is 14.7. The molecule has 0 bridgehead atoms. The molecule has 1 aliphatic heterocycles. The molecule has 1 fully saturated rings. The number of rotatable bonds is 5. The van der Waals surface area contributed by atoms with Crippen molar-refractivity contribution >= 4 is 11.9 Å². The van der Waals surface area contributed by atoms with Gasteiger partial charge in [-0.25, -0.2) is 0 Å². The van der Waals surface area contributed by atoms with Gasteiger partial charge in [-0.3, -0.25) is 9.59 Å². The third-order valence-electron chi connectivity index (χ3n) is 4.41. The van der Waals surface area contributed by atoms with Crippen LogP contribution >= 0.6 is 0 Å². The molecule has 1 amide bonds. The number of hydrogen-bond acceptors (Lipinski definition) is 3. The normalized spacial score (nSPS) is 19.5. The summed E-state index contributed by atoms with van der Waals surface area (Å²) in [5, 5.41) is 12.1. The number of ether oxygens (including phenoxy) is 1. The van der Waals surface area contributed by atoms with Crippen molar-refractivity contribution in [2.75, 3.05) is 13.2 Å². The van der Waals surface area contributed by atoms with Gasteiger partial charge < -0.3 is 15.2 Å². The number of amides is 1. The lowest BCUT2D eigenvalue weighted by Gasteiger charge is -2.25. The highest BCUT2D eigenvalue weighted by Crippen LogP contribution is 2.25. The SMILES string of the molecule is CC(C)(C)c1ccc(C(CC(=O)O)NC(=O)C2CCCOC2)cc1. The number of aliphatic carboxylic acids is 1. The van der Waals surface area contributed by atoms with Crippen molar-refractivity contribution in [2.24, 2.45) is 5.92 Å². The van der Waals surface area contributed by atoms with E-state index in [4.69, 9.17) is 4.74 Å². The zero-order valence-electron chi connectivity index (χ0n) is 14.7. The fourth-order valence-electron chi connectivity index (χ4n) is 2.88. The first-order valence-corrected chi connectivity index (χ1v) is 8.47. The molecule has 5 nitrogen and oxygen atoms in total. The van der Waals surface area contributed by atoms with Crippen molar-refractivity contribution in [1.29, 1.82) is 0 Å². The molecule has 0 saturated carbocycles. The van der Waals surface area contributed by atoms with Crippen LogP contribution in [0.1, 0.15) is 57.2 Å². The van der Waals surface area contributed by atoms with Gasteiger partial charge in [-0.1, -0.05) is 45.0 Å². The van der Waals surface area contributed by atoms with E-state index >= 15 is 0 Å². The summed E-state index contributed by atoms with van der Waals surface area (Å²) < 4.78 is 5.35. The second-order valence-corrected chi connectivity index (χ2v) is 7.45. The maximum Gasteiger partial charge on any atom is 0.305 e. The average molecular weight is 333 g/mol. The van der Waals surface area contributed by atoms with E-state index in [1.165, 1.54) is 5.56 Å². The van der Waals surface area contributed by atoms with Crippen LogP contribution in [0.5, 0.6) is 0 Å². The average Bonchev–Trinajstić information content (AvgIpc) is 2.54. The lowest BCUT2D eigenvalue weighted by Crippen LogP contribution is -2.38. The van der Waals surface area contributed by atoms with Crippen LogP contribution in [-0.4, -0.2) is 30.2 Å². The minimum atomic E-state index is -0.930. The number of carboxylic acid groups (broad SMARTS) is 1. The van der Waals surface area contributed by atoms with Crippen LogP contribution in [0.3, 0.4) is 0 Å². The molecule has 0 aliphatic carbocycles.